The first-order valence-corrected chi connectivity index (χ1v) is 5.02. The highest BCUT2D eigenvalue weighted by molar-refractivity contribution is 5.64. The van der Waals surface area contributed by atoms with E-state index >= 15 is 0 Å². The zero-order valence-corrected chi connectivity index (χ0v) is 9.02. The lowest BCUT2D eigenvalue weighted by atomic mass is 10.2. The van der Waals surface area contributed by atoms with Crippen LogP contribution < -0.4 is 10.6 Å². The summed E-state index contributed by atoms with van der Waals surface area (Å²) in [6.07, 6.45) is 0. The Morgan fingerprint density at radius 3 is 2.25 bits per heavy atom. The smallest absolute Gasteiger partial charge is 0.146 e. The van der Waals surface area contributed by atoms with E-state index in [0.29, 0.717) is 11.4 Å². The molecule has 0 aliphatic heterocycles. The van der Waals surface area contributed by atoms with Gasteiger partial charge in [0.2, 0.25) is 0 Å². The van der Waals surface area contributed by atoms with Crippen molar-refractivity contribution < 1.29 is 4.39 Å². The van der Waals surface area contributed by atoms with Crippen LogP contribution >= 0.6 is 0 Å². The molecule has 0 spiro atoms. The summed E-state index contributed by atoms with van der Waals surface area (Å²) in [4.78, 5) is 1.79. The van der Waals surface area contributed by atoms with E-state index in [9.17, 15) is 4.39 Å². The van der Waals surface area contributed by atoms with Crippen molar-refractivity contribution in [3.8, 4) is 0 Å². The molecular weight excluding hydrogens is 203 g/mol. The van der Waals surface area contributed by atoms with E-state index in [1.54, 1.807) is 29.2 Å². The summed E-state index contributed by atoms with van der Waals surface area (Å²) in [5, 5.41) is 0. The van der Waals surface area contributed by atoms with E-state index in [4.69, 9.17) is 5.73 Å². The van der Waals surface area contributed by atoms with Gasteiger partial charge < -0.3 is 10.6 Å². The molecule has 0 amide bonds. The van der Waals surface area contributed by atoms with Crippen molar-refractivity contribution in [3.63, 3.8) is 0 Å². The molecule has 3 heteroatoms. The molecule has 0 aliphatic rings. The van der Waals surface area contributed by atoms with Gasteiger partial charge in [0.05, 0.1) is 5.69 Å². The second kappa shape index (κ2) is 4.23. The molecule has 2 rings (SSSR count). The highest BCUT2D eigenvalue weighted by atomic mass is 19.1. The van der Waals surface area contributed by atoms with Gasteiger partial charge >= 0.3 is 0 Å². The van der Waals surface area contributed by atoms with E-state index in [0.717, 1.165) is 5.69 Å². The Bertz CT molecular complexity index is 480. The van der Waals surface area contributed by atoms with Crippen molar-refractivity contribution in [2.75, 3.05) is 17.7 Å². The van der Waals surface area contributed by atoms with Gasteiger partial charge in [-0.15, -0.1) is 0 Å². The monoisotopic (exact) mass is 216 g/mol. The number of benzene rings is 2. The SMILES string of the molecule is CN(c1ccc(N)cc1)c1ccccc1F. The van der Waals surface area contributed by atoms with Crippen LogP contribution in [0.1, 0.15) is 0 Å². The molecule has 0 fully saturated rings. The maximum absolute atomic E-state index is 13.5. The predicted octanol–water partition coefficient (Wildman–Crippen LogP) is 3.18. The fourth-order valence-corrected chi connectivity index (χ4v) is 1.56. The van der Waals surface area contributed by atoms with Crippen LogP contribution in [0.5, 0.6) is 0 Å². The zero-order chi connectivity index (χ0) is 11.5. The third-order valence-electron chi connectivity index (χ3n) is 2.49. The summed E-state index contributed by atoms with van der Waals surface area (Å²) in [7, 11) is 1.82. The van der Waals surface area contributed by atoms with Gasteiger partial charge in [-0.3, -0.25) is 0 Å². The van der Waals surface area contributed by atoms with Crippen LogP contribution in [-0.4, -0.2) is 7.05 Å². The molecule has 2 aromatic rings. The Hall–Kier alpha value is -2.03. The minimum absolute atomic E-state index is 0.234. The molecule has 16 heavy (non-hydrogen) atoms. The molecule has 0 saturated carbocycles. The molecule has 2 nitrogen and oxygen atoms in total. The van der Waals surface area contributed by atoms with Crippen LogP contribution in [0.4, 0.5) is 21.5 Å². The number of para-hydroxylation sites is 1. The Labute approximate surface area is 94.1 Å². The minimum Gasteiger partial charge on any atom is -0.399 e. The van der Waals surface area contributed by atoms with E-state index in [-0.39, 0.29) is 5.82 Å². The van der Waals surface area contributed by atoms with Crippen LogP contribution in [-0.2, 0) is 0 Å². The number of rotatable bonds is 2. The molecule has 0 saturated heterocycles. The molecule has 0 bridgehead atoms. The Kier molecular flexibility index (Phi) is 2.77. The molecule has 0 atom stereocenters. The third kappa shape index (κ3) is 1.98. The summed E-state index contributed by atoms with van der Waals surface area (Å²) < 4.78 is 13.5. The van der Waals surface area contributed by atoms with Gasteiger partial charge in [-0.1, -0.05) is 12.1 Å². The van der Waals surface area contributed by atoms with Crippen molar-refractivity contribution >= 4 is 17.1 Å². The lowest BCUT2D eigenvalue weighted by Crippen LogP contribution is -2.10. The fraction of sp³-hybridized carbons (Fsp3) is 0.0769. The topological polar surface area (TPSA) is 29.3 Å². The molecule has 0 unspecified atom stereocenters. The predicted molar refractivity (Wildman–Crippen MR) is 65.3 cm³/mol. The molecule has 0 heterocycles. The summed E-state index contributed by atoms with van der Waals surface area (Å²) in [6, 6.07) is 14.0. The summed E-state index contributed by atoms with van der Waals surface area (Å²) in [5.41, 5.74) is 7.75. The number of nitrogen functional groups attached to an aromatic ring is 1. The summed E-state index contributed by atoms with van der Waals surface area (Å²) in [6.45, 7) is 0. The maximum Gasteiger partial charge on any atom is 0.146 e. The Balaban J connectivity index is 2.35. The summed E-state index contributed by atoms with van der Waals surface area (Å²) in [5.74, 6) is -0.234. The molecule has 2 aromatic carbocycles. The zero-order valence-electron chi connectivity index (χ0n) is 9.02. The van der Waals surface area contributed by atoms with Crippen molar-refractivity contribution in [1.82, 2.24) is 0 Å². The first-order chi connectivity index (χ1) is 7.68. The maximum atomic E-state index is 13.5. The van der Waals surface area contributed by atoms with Crippen LogP contribution in [0, 0.1) is 5.82 Å². The van der Waals surface area contributed by atoms with Gasteiger partial charge in [-0.2, -0.15) is 0 Å². The molecule has 0 aromatic heterocycles. The second-order valence-electron chi connectivity index (χ2n) is 3.60. The molecular formula is C13H13FN2. The van der Waals surface area contributed by atoms with Gasteiger partial charge in [0.15, 0.2) is 0 Å². The van der Waals surface area contributed by atoms with E-state index in [1.165, 1.54) is 6.07 Å². The van der Waals surface area contributed by atoms with Gasteiger partial charge in [0.1, 0.15) is 5.82 Å². The highest BCUT2D eigenvalue weighted by Gasteiger charge is 2.07. The quantitative estimate of drug-likeness (QED) is 0.781. The van der Waals surface area contributed by atoms with Gasteiger partial charge in [0.25, 0.3) is 0 Å². The van der Waals surface area contributed by atoms with Crippen LogP contribution in [0.2, 0.25) is 0 Å². The van der Waals surface area contributed by atoms with E-state index < -0.39 is 0 Å². The number of nitrogens with two attached hydrogens (primary N) is 1. The standard InChI is InChI=1S/C13H13FN2/c1-16(11-8-6-10(15)7-9-11)13-5-3-2-4-12(13)14/h2-9H,15H2,1H3. The van der Waals surface area contributed by atoms with Gasteiger partial charge in [0, 0.05) is 18.4 Å². The summed E-state index contributed by atoms with van der Waals surface area (Å²) >= 11 is 0. The number of halogens is 1. The average molecular weight is 216 g/mol. The highest BCUT2D eigenvalue weighted by Crippen LogP contribution is 2.26. The van der Waals surface area contributed by atoms with Gasteiger partial charge in [-0.25, -0.2) is 4.39 Å². The van der Waals surface area contributed by atoms with Crippen molar-refractivity contribution in [2.24, 2.45) is 0 Å². The normalized spacial score (nSPS) is 10.1. The fourth-order valence-electron chi connectivity index (χ4n) is 1.56. The lowest BCUT2D eigenvalue weighted by Gasteiger charge is -2.20. The molecule has 0 radical (unpaired) electrons. The number of anilines is 3. The Morgan fingerprint density at radius 1 is 1.00 bits per heavy atom. The second-order valence-corrected chi connectivity index (χ2v) is 3.60. The van der Waals surface area contributed by atoms with E-state index in [2.05, 4.69) is 0 Å². The molecule has 2 N–H and O–H groups in total. The largest absolute Gasteiger partial charge is 0.399 e. The van der Waals surface area contributed by atoms with E-state index in [1.807, 2.05) is 25.2 Å². The number of nitrogens with zero attached hydrogens (tertiary/aromatic N) is 1. The van der Waals surface area contributed by atoms with Crippen molar-refractivity contribution in [3.05, 3.63) is 54.3 Å². The van der Waals surface area contributed by atoms with Crippen molar-refractivity contribution in [1.29, 1.82) is 0 Å². The van der Waals surface area contributed by atoms with Crippen LogP contribution in [0.3, 0.4) is 0 Å². The molecule has 0 aliphatic carbocycles. The first kappa shape index (κ1) is 10.5. The van der Waals surface area contributed by atoms with Gasteiger partial charge in [-0.05, 0) is 36.4 Å². The van der Waals surface area contributed by atoms with Crippen molar-refractivity contribution in [2.45, 2.75) is 0 Å². The molecule has 82 valence electrons. The van der Waals surface area contributed by atoms with Crippen LogP contribution in [0.15, 0.2) is 48.5 Å². The Morgan fingerprint density at radius 2 is 1.62 bits per heavy atom. The van der Waals surface area contributed by atoms with Crippen LogP contribution in [0.25, 0.3) is 0 Å². The minimum atomic E-state index is -0.234. The average Bonchev–Trinajstić information content (AvgIpc) is 2.30. The number of hydrogen-bond donors (Lipinski definition) is 1. The number of hydrogen-bond acceptors (Lipinski definition) is 2. The first-order valence-electron chi connectivity index (χ1n) is 5.02. The lowest BCUT2D eigenvalue weighted by molar-refractivity contribution is 0.627. The third-order valence-corrected chi connectivity index (χ3v) is 2.49.